The molecular weight excluding hydrogens is 432 g/mol. The quantitative estimate of drug-likeness (QED) is 0.786. The first kappa shape index (κ1) is 16.1. The number of sulfonamides is 1. The standard InChI is InChI=1S/C10H12Br2N4O2S2/c1-5(2)4-16-9(6-3-7(11)19-8(6)12)14-15-10(16)20(13,17)18/h3,5H,4H2,1-2H3,(H2,13,17,18). The molecule has 0 fully saturated rings. The van der Waals surface area contributed by atoms with Crippen LogP contribution in [0.2, 0.25) is 0 Å². The van der Waals surface area contributed by atoms with Crippen LogP contribution in [0.3, 0.4) is 0 Å². The molecule has 0 saturated heterocycles. The summed E-state index contributed by atoms with van der Waals surface area (Å²) in [4.78, 5) is 0. The van der Waals surface area contributed by atoms with Gasteiger partial charge in [0.2, 0.25) is 0 Å². The van der Waals surface area contributed by atoms with E-state index in [4.69, 9.17) is 5.14 Å². The van der Waals surface area contributed by atoms with E-state index >= 15 is 0 Å². The van der Waals surface area contributed by atoms with E-state index in [1.54, 1.807) is 4.57 Å². The first-order valence-electron chi connectivity index (χ1n) is 5.61. The molecule has 110 valence electrons. The van der Waals surface area contributed by atoms with Crippen LogP contribution in [0.15, 0.2) is 18.8 Å². The van der Waals surface area contributed by atoms with Gasteiger partial charge in [-0.3, -0.25) is 4.57 Å². The maximum Gasteiger partial charge on any atom is 0.273 e. The fraction of sp³-hybridized carbons (Fsp3) is 0.400. The molecule has 0 radical (unpaired) electrons. The Morgan fingerprint density at radius 3 is 2.50 bits per heavy atom. The molecule has 0 saturated carbocycles. The molecule has 0 atom stereocenters. The molecule has 2 aromatic rings. The summed E-state index contributed by atoms with van der Waals surface area (Å²) in [6.07, 6.45) is 0. The van der Waals surface area contributed by atoms with Crippen molar-refractivity contribution in [3.63, 3.8) is 0 Å². The SMILES string of the molecule is CC(C)Cn1c(-c2cc(Br)sc2Br)nnc1S(N)(=O)=O. The maximum absolute atomic E-state index is 11.6. The van der Waals surface area contributed by atoms with Crippen LogP contribution in [-0.2, 0) is 16.6 Å². The second-order valence-electron chi connectivity index (χ2n) is 4.59. The lowest BCUT2D eigenvalue weighted by atomic mass is 10.2. The van der Waals surface area contributed by atoms with Crippen molar-refractivity contribution in [3.8, 4) is 11.4 Å². The van der Waals surface area contributed by atoms with Crippen molar-refractivity contribution < 1.29 is 8.42 Å². The number of hydrogen-bond acceptors (Lipinski definition) is 5. The van der Waals surface area contributed by atoms with Gasteiger partial charge in [-0.1, -0.05) is 13.8 Å². The third kappa shape index (κ3) is 3.30. The topological polar surface area (TPSA) is 90.9 Å². The van der Waals surface area contributed by atoms with E-state index in [9.17, 15) is 8.42 Å². The molecule has 0 unspecified atom stereocenters. The fourth-order valence-corrected chi connectivity index (χ4v) is 5.13. The Hall–Kier alpha value is -0.290. The second-order valence-corrected chi connectivity index (χ2v) is 9.80. The molecule has 0 aliphatic carbocycles. The predicted octanol–water partition coefficient (Wildman–Crippen LogP) is 2.83. The van der Waals surface area contributed by atoms with E-state index in [1.807, 2.05) is 19.9 Å². The Kier molecular flexibility index (Phi) is 4.69. The van der Waals surface area contributed by atoms with Crippen LogP contribution in [0, 0.1) is 5.92 Å². The Balaban J connectivity index is 2.65. The average Bonchev–Trinajstić information content (AvgIpc) is 2.80. The number of thiophene rings is 1. The summed E-state index contributed by atoms with van der Waals surface area (Å²) in [5.41, 5.74) is 0.782. The van der Waals surface area contributed by atoms with Crippen molar-refractivity contribution >= 4 is 53.2 Å². The van der Waals surface area contributed by atoms with E-state index in [2.05, 4.69) is 42.1 Å². The Morgan fingerprint density at radius 1 is 1.40 bits per heavy atom. The summed E-state index contributed by atoms with van der Waals surface area (Å²) in [5.74, 6) is 0.711. The molecular formula is C10H12Br2N4O2S2. The zero-order chi connectivity index (χ0) is 15.1. The predicted molar refractivity (Wildman–Crippen MR) is 84.9 cm³/mol. The Morgan fingerprint density at radius 2 is 2.05 bits per heavy atom. The minimum atomic E-state index is -3.91. The highest BCUT2D eigenvalue weighted by Crippen LogP contribution is 2.38. The molecule has 20 heavy (non-hydrogen) atoms. The molecule has 10 heteroatoms. The lowest BCUT2D eigenvalue weighted by Crippen LogP contribution is -2.20. The first-order valence-corrected chi connectivity index (χ1v) is 9.56. The highest BCUT2D eigenvalue weighted by Gasteiger charge is 2.24. The Bertz CT molecular complexity index is 737. The third-order valence-electron chi connectivity index (χ3n) is 2.42. The van der Waals surface area contributed by atoms with E-state index < -0.39 is 10.0 Å². The lowest BCUT2D eigenvalue weighted by molar-refractivity contribution is 0.486. The van der Waals surface area contributed by atoms with Gasteiger partial charge in [0.05, 0.1) is 7.57 Å². The van der Waals surface area contributed by atoms with Gasteiger partial charge in [-0.15, -0.1) is 21.5 Å². The molecule has 0 aliphatic rings. The van der Waals surface area contributed by atoms with Gasteiger partial charge < -0.3 is 0 Å². The smallest absolute Gasteiger partial charge is 0.273 e. The van der Waals surface area contributed by atoms with Gasteiger partial charge in [0.1, 0.15) is 0 Å². The molecule has 0 bridgehead atoms. The van der Waals surface area contributed by atoms with Gasteiger partial charge in [-0.05, 0) is 43.8 Å². The van der Waals surface area contributed by atoms with Crippen LogP contribution in [0.1, 0.15) is 13.8 Å². The number of primary sulfonamides is 1. The van der Waals surface area contributed by atoms with Gasteiger partial charge in [0.15, 0.2) is 5.82 Å². The molecule has 2 rings (SSSR count). The van der Waals surface area contributed by atoms with Gasteiger partial charge >= 0.3 is 0 Å². The fourth-order valence-electron chi connectivity index (χ4n) is 1.72. The van der Waals surface area contributed by atoms with Crippen LogP contribution in [0.5, 0.6) is 0 Å². The summed E-state index contributed by atoms with van der Waals surface area (Å²) in [6.45, 7) is 4.43. The number of aromatic nitrogens is 3. The molecule has 0 spiro atoms. The molecule has 2 aromatic heterocycles. The van der Waals surface area contributed by atoms with E-state index in [-0.39, 0.29) is 11.1 Å². The summed E-state index contributed by atoms with van der Waals surface area (Å²) in [7, 11) is -3.91. The summed E-state index contributed by atoms with van der Waals surface area (Å²) in [6, 6.07) is 1.86. The van der Waals surface area contributed by atoms with Crippen LogP contribution >= 0.6 is 43.2 Å². The van der Waals surface area contributed by atoms with Crippen molar-refractivity contribution in [1.82, 2.24) is 14.8 Å². The first-order chi connectivity index (χ1) is 9.20. The molecule has 2 heterocycles. The van der Waals surface area contributed by atoms with Crippen LogP contribution < -0.4 is 5.14 Å². The summed E-state index contributed by atoms with van der Waals surface area (Å²) in [5, 5.41) is 12.7. The zero-order valence-electron chi connectivity index (χ0n) is 10.7. The van der Waals surface area contributed by atoms with Gasteiger partial charge in [-0.25, -0.2) is 13.6 Å². The summed E-state index contributed by atoms with van der Waals surface area (Å²) >= 11 is 8.31. The largest absolute Gasteiger partial charge is 0.296 e. The normalized spacial score (nSPS) is 12.3. The van der Waals surface area contributed by atoms with Crippen molar-refractivity contribution in [2.75, 3.05) is 0 Å². The molecule has 0 amide bonds. The number of nitrogens with two attached hydrogens (primary N) is 1. The van der Waals surface area contributed by atoms with Gasteiger partial charge in [0, 0.05) is 12.1 Å². The number of hydrogen-bond donors (Lipinski definition) is 1. The average molecular weight is 444 g/mol. The maximum atomic E-state index is 11.6. The van der Waals surface area contributed by atoms with Crippen molar-refractivity contribution in [2.45, 2.75) is 25.5 Å². The zero-order valence-corrected chi connectivity index (χ0v) is 15.5. The molecule has 0 aliphatic heterocycles. The third-order valence-corrected chi connectivity index (χ3v) is 5.57. The van der Waals surface area contributed by atoms with Crippen molar-refractivity contribution in [1.29, 1.82) is 0 Å². The van der Waals surface area contributed by atoms with E-state index in [0.29, 0.717) is 12.4 Å². The minimum absolute atomic E-state index is 0.213. The summed E-state index contributed by atoms with van der Waals surface area (Å²) < 4.78 is 26.5. The Labute approximate surface area is 137 Å². The van der Waals surface area contributed by atoms with Crippen LogP contribution in [0.4, 0.5) is 0 Å². The van der Waals surface area contributed by atoms with E-state index in [0.717, 1.165) is 13.1 Å². The minimum Gasteiger partial charge on any atom is -0.296 e. The monoisotopic (exact) mass is 442 g/mol. The van der Waals surface area contributed by atoms with Crippen LogP contribution in [0.25, 0.3) is 11.4 Å². The number of rotatable bonds is 4. The lowest BCUT2D eigenvalue weighted by Gasteiger charge is -2.11. The van der Waals surface area contributed by atoms with Crippen LogP contribution in [-0.4, -0.2) is 23.2 Å². The second kappa shape index (κ2) is 5.84. The number of halogens is 2. The number of nitrogens with zero attached hydrogens (tertiary/aromatic N) is 3. The van der Waals surface area contributed by atoms with Crippen molar-refractivity contribution in [2.24, 2.45) is 11.1 Å². The van der Waals surface area contributed by atoms with Gasteiger partial charge in [-0.2, -0.15) is 0 Å². The van der Waals surface area contributed by atoms with E-state index in [1.165, 1.54) is 11.3 Å². The molecule has 6 nitrogen and oxygen atoms in total. The molecule has 0 aromatic carbocycles. The van der Waals surface area contributed by atoms with Gasteiger partial charge in [0.25, 0.3) is 15.2 Å². The highest BCUT2D eigenvalue weighted by molar-refractivity contribution is 9.12. The highest BCUT2D eigenvalue weighted by atomic mass is 79.9. The molecule has 2 N–H and O–H groups in total. The van der Waals surface area contributed by atoms with Crippen molar-refractivity contribution in [3.05, 3.63) is 13.6 Å².